The van der Waals surface area contributed by atoms with E-state index in [4.69, 9.17) is 25.8 Å². The first-order chi connectivity index (χ1) is 15.0. The Morgan fingerprint density at radius 2 is 1.91 bits per heavy atom. The maximum absolute atomic E-state index is 12.8. The van der Waals surface area contributed by atoms with Crippen LogP contribution >= 0.6 is 11.6 Å². The molecule has 0 saturated heterocycles. The summed E-state index contributed by atoms with van der Waals surface area (Å²) in [6.07, 6.45) is 8.28. The maximum atomic E-state index is 12.8. The van der Waals surface area contributed by atoms with Crippen molar-refractivity contribution in [2.24, 2.45) is 0 Å². The minimum Gasteiger partial charge on any atom is -0.507 e. The number of cyclic esters (lactones) is 1. The lowest BCUT2D eigenvalue weighted by atomic mass is 9.99. The highest BCUT2D eigenvalue weighted by Crippen LogP contribution is 2.38. The number of ketones is 1. The number of aromatic hydroxyl groups is 1. The van der Waals surface area contributed by atoms with Crippen LogP contribution in [0.4, 0.5) is 0 Å². The number of carbonyl (C=O) groups is 3. The molecule has 1 heterocycles. The molecule has 0 unspecified atom stereocenters. The minimum absolute atomic E-state index is 0.0459. The molecule has 32 heavy (non-hydrogen) atoms. The Bertz CT molecular complexity index is 925. The molecule has 0 fully saturated rings. The number of hydrogen-bond acceptors (Lipinski definition) is 7. The third kappa shape index (κ3) is 7.71. The van der Waals surface area contributed by atoms with Crippen molar-refractivity contribution < 1.29 is 33.7 Å². The summed E-state index contributed by atoms with van der Waals surface area (Å²) in [6.45, 7) is 6.43. The topological polar surface area (TPSA) is 99.1 Å². The van der Waals surface area contributed by atoms with E-state index in [0.717, 1.165) is 12.5 Å². The highest BCUT2D eigenvalue weighted by atomic mass is 35.5. The van der Waals surface area contributed by atoms with Gasteiger partial charge in [-0.2, -0.15) is 0 Å². The molecule has 0 aromatic heterocycles. The number of fused-ring (bicyclic) bond motifs is 1. The molecule has 8 heteroatoms. The van der Waals surface area contributed by atoms with Gasteiger partial charge in [-0.25, -0.2) is 9.59 Å². The molecule has 7 nitrogen and oxygen atoms in total. The summed E-state index contributed by atoms with van der Waals surface area (Å²) in [5.74, 6) is -2.24. The quantitative estimate of drug-likeness (QED) is 0.510. The van der Waals surface area contributed by atoms with Gasteiger partial charge in [0.2, 0.25) is 0 Å². The third-order valence-corrected chi connectivity index (χ3v) is 4.79. The van der Waals surface area contributed by atoms with Crippen molar-refractivity contribution in [3.8, 4) is 11.5 Å². The van der Waals surface area contributed by atoms with Crippen LogP contribution in [-0.2, 0) is 25.5 Å². The van der Waals surface area contributed by atoms with Gasteiger partial charge in [-0.05, 0) is 46.6 Å². The molecule has 0 amide bonds. The molecular weight excluding hydrogens is 436 g/mol. The third-order valence-electron chi connectivity index (χ3n) is 4.37. The molecule has 174 valence electrons. The molecular formula is C24H29ClO7. The number of benzene rings is 1. The number of hydrogen-bond donors (Lipinski definition) is 1. The van der Waals surface area contributed by atoms with Crippen molar-refractivity contribution in [1.82, 2.24) is 0 Å². The van der Waals surface area contributed by atoms with Crippen LogP contribution in [-0.4, -0.2) is 41.1 Å². The van der Waals surface area contributed by atoms with Crippen LogP contribution in [0.1, 0.15) is 62.9 Å². The Labute approximate surface area is 193 Å². The fourth-order valence-electron chi connectivity index (χ4n) is 3.02. The molecule has 0 radical (unpaired) electrons. The summed E-state index contributed by atoms with van der Waals surface area (Å²) < 4.78 is 16.1. The lowest BCUT2D eigenvalue weighted by Gasteiger charge is -2.20. The molecule has 1 aromatic rings. The molecule has 0 spiro atoms. The lowest BCUT2D eigenvalue weighted by molar-refractivity contribution is -0.157. The average molecular weight is 465 g/mol. The van der Waals surface area contributed by atoms with Crippen molar-refractivity contribution in [2.75, 3.05) is 6.61 Å². The van der Waals surface area contributed by atoms with Gasteiger partial charge in [-0.3, -0.25) is 4.79 Å². The molecule has 1 atom stereocenters. The zero-order valence-electron chi connectivity index (χ0n) is 18.8. The number of phenols is 1. The van der Waals surface area contributed by atoms with Gasteiger partial charge in [-0.15, -0.1) is 0 Å². The smallest absolute Gasteiger partial charge is 0.344 e. The lowest BCUT2D eigenvalue weighted by Crippen LogP contribution is -2.27. The van der Waals surface area contributed by atoms with Crippen molar-refractivity contribution in [2.45, 2.75) is 65.1 Å². The van der Waals surface area contributed by atoms with E-state index in [2.05, 4.69) is 0 Å². The van der Waals surface area contributed by atoms with E-state index in [9.17, 15) is 19.5 Å². The number of halogens is 1. The van der Waals surface area contributed by atoms with Gasteiger partial charge in [0.15, 0.2) is 12.4 Å². The number of allylic oxidation sites excluding steroid dienone is 3. The van der Waals surface area contributed by atoms with E-state index >= 15 is 0 Å². The van der Waals surface area contributed by atoms with Crippen LogP contribution in [0.25, 0.3) is 0 Å². The second-order valence-electron chi connectivity index (χ2n) is 8.48. The molecule has 2 rings (SSSR count). The Morgan fingerprint density at radius 3 is 2.59 bits per heavy atom. The summed E-state index contributed by atoms with van der Waals surface area (Å²) >= 11 is 6.45. The summed E-state index contributed by atoms with van der Waals surface area (Å²) in [5, 5.41) is 10.5. The number of ether oxygens (including phenoxy) is 3. The summed E-state index contributed by atoms with van der Waals surface area (Å²) in [7, 11) is 0. The largest absolute Gasteiger partial charge is 0.507 e. The van der Waals surface area contributed by atoms with Gasteiger partial charge in [0, 0.05) is 24.5 Å². The van der Waals surface area contributed by atoms with Crippen LogP contribution in [0.2, 0.25) is 5.02 Å². The first kappa shape index (κ1) is 25.5. The molecule has 1 aromatic carbocycles. The number of esters is 2. The predicted octanol–water partition coefficient (Wildman–Crippen LogP) is 4.72. The van der Waals surface area contributed by atoms with E-state index < -0.39 is 36.0 Å². The van der Waals surface area contributed by atoms with Crippen molar-refractivity contribution in [1.29, 1.82) is 0 Å². The van der Waals surface area contributed by atoms with Gasteiger partial charge in [-0.1, -0.05) is 29.8 Å². The van der Waals surface area contributed by atoms with E-state index in [1.54, 1.807) is 33.8 Å². The number of rotatable bonds is 3. The summed E-state index contributed by atoms with van der Waals surface area (Å²) in [6, 6.07) is 1.13. The van der Waals surface area contributed by atoms with Crippen molar-refractivity contribution in [3.05, 3.63) is 46.5 Å². The van der Waals surface area contributed by atoms with E-state index in [1.165, 1.54) is 6.08 Å². The number of phenolic OH excluding ortho intramolecular Hbond substituents is 1. The van der Waals surface area contributed by atoms with Crippen LogP contribution < -0.4 is 4.74 Å². The van der Waals surface area contributed by atoms with Gasteiger partial charge < -0.3 is 19.3 Å². The fourth-order valence-corrected chi connectivity index (χ4v) is 3.29. The van der Waals surface area contributed by atoms with Crippen molar-refractivity contribution >= 4 is 29.3 Å². The Kier molecular flexibility index (Phi) is 8.89. The first-order valence-corrected chi connectivity index (χ1v) is 10.8. The van der Waals surface area contributed by atoms with Crippen LogP contribution in [0, 0.1) is 0 Å². The van der Waals surface area contributed by atoms with Gasteiger partial charge in [0.05, 0.1) is 5.02 Å². The average Bonchev–Trinajstić information content (AvgIpc) is 2.66. The zero-order valence-corrected chi connectivity index (χ0v) is 19.5. The normalized spacial score (nSPS) is 17.8. The van der Waals surface area contributed by atoms with Gasteiger partial charge in [0.25, 0.3) is 0 Å². The maximum Gasteiger partial charge on any atom is 0.344 e. The summed E-state index contributed by atoms with van der Waals surface area (Å²) in [5.41, 5.74) is -0.821. The predicted molar refractivity (Wildman–Crippen MR) is 120 cm³/mol. The highest BCUT2D eigenvalue weighted by Gasteiger charge is 2.27. The second kappa shape index (κ2) is 11.2. The first-order valence-electron chi connectivity index (χ1n) is 10.4. The standard InChI is InChI=1S/C24H29ClO7/c1-15-10-8-6-5-7-9-11-16(26)12-17-21(23(29)31-15)18(27)13-19(22(17)25)30-14-20(28)32-24(2,3)4/h6,8-9,11,13,15,27H,5,7,10,12,14H2,1-4H3/t15-/m1/s1. The molecule has 1 aliphatic rings. The Balaban J connectivity index is 2.40. The van der Waals surface area contributed by atoms with Crippen molar-refractivity contribution in [3.63, 3.8) is 0 Å². The monoisotopic (exact) mass is 464 g/mol. The Hall–Kier alpha value is -2.80. The molecule has 1 N–H and O–H groups in total. The summed E-state index contributed by atoms with van der Waals surface area (Å²) in [4.78, 5) is 37.2. The molecule has 0 bridgehead atoms. The van der Waals surface area contributed by atoms with E-state index in [-0.39, 0.29) is 34.1 Å². The molecule has 0 saturated carbocycles. The second-order valence-corrected chi connectivity index (χ2v) is 8.86. The fraction of sp³-hybridized carbons (Fsp3) is 0.458. The zero-order chi connectivity index (χ0) is 23.9. The molecule has 0 aliphatic carbocycles. The van der Waals surface area contributed by atoms with Gasteiger partial charge in [0.1, 0.15) is 28.8 Å². The van der Waals surface area contributed by atoms with E-state index in [1.807, 2.05) is 12.2 Å². The highest BCUT2D eigenvalue weighted by molar-refractivity contribution is 6.33. The Morgan fingerprint density at radius 1 is 1.22 bits per heavy atom. The number of carbonyl (C=O) groups excluding carboxylic acids is 3. The van der Waals surface area contributed by atoms with Gasteiger partial charge >= 0.3 is 11.9 Å². The minimum atomic E-state index is -0.798. The van der Waals surface area contributed by atoms with Crippen LogP contribution in [0.5, 0.6) is 11.5 Å². The molecule has 1 aliphatic heterocycles. The van der Waals surface area contributed by atoms with Crippen LogP contribution in [0.15, 0.2) is 30.4 Å². The van der Waals surface area contributed by atoms with Crippen LogP contribution in [0.3, 0.4) is 0 Å². The van der Waals surface area contributed by atoms with E-state index in [0.29, 0.717) is 12.8 Å². The SMILES string of the molecule is C[C@@H]1CC=CCCC=CC(=O)Cc2c(Cl)c(OCC(=O)OC(C)(C)C)cc(O)c2C(=O)O1.